The van der Waals surface area contributed by atoms with Gasteiger partial charge in [0.15, 0.2) is 0 Å². The Kier molecular flexibility index (Phi) is 8.86. The monoisotopic (exact) mass is 535 g/mol. The van der Waals surface area contributed by atoms with E-state index >= 15 is 0 Å². The lowest BCUT2D eigenvalue weighted by Gasteiger charge is -2.35. The number of aromatic nitrogens is 1. The Hall–Kier alpha value is -3.92. The van der Waals surface area contributed by atoms with Crippen LogP contribution in [0.5, 0.6) is 11.6 Å². The van der Waals surface area contributed by atoms with E-state index in [1.165, 1.54) is 0 Å². The van der Waals surface area contributed by atoms with Crippen molar-refractivity contribution in [3.63, 3.8) is 0 Å². The fourth-order valence-electron chi connectivity index (χ4n) is 4.43. The third-order valence-electron chi connectivity index (χ3n) is 6.34. The topological polar surface area (TPSA) is 98.1 Å². The first-order valence-electron chi connectivity index (χ1n) is 13.0. The fourth-order valence-corrected chi connectivity index (χ4v) is 4.43. The standard InChI is InChI=1S/C29H37N5O5/c1-20-25(18-32-27-26(20)34(13-14-38-27)28(35)39-29(2,3)4)33-12-11-21(24(19-33)30-5)17-31-22-7-9-23(10-8-22)37-16-15-36-6/h7-10,17-18H,5,11-16,19H2,1-4,6H3. The maximum Gasteiger partial charge on any atom is 0.415 e. The number of aliphatic imine (C=N–C) groups is 2. The normalized spacial score (nSPS) is 15.7. The van der Waals surface area contributed by atoms with Crippen LogP contribution in [0.25, 0.3) is 0 Å². The van der Waals surface area contributed by atoms with Crippen molar-refractivity contribution in [2.24, 2.45) is 9.98 Å². The van der Waals surface area contributed by atoms with Crippen molar-refractivity contribution in [3.05, 3.63) is 47.3 Å². The van der Waals surface area contributed by atoms with Crippen LogP contribution in [0.1, 0.15) is 32.8 Å². The van der Waals surface area contributed by atoms with Gasteiger partial charge in [0, 0.05) is 25.4 Å². The average molecular weight is 536 g/mol. The van der Waals surface area contributed by atoms with E-state index in [9.17, 15) is 4.79 Å². The van der Waals surface area contributed by atoms with Gasteiger partial charge in [0.1, 0.15) is 30.3 Å². The number of nitrogens with zero attached hydrogens (tertiary/aromatic N) is 5. The van der Waals surface area contributed by atoms with Crippen LogP contribution in [0.4, 0.5) is 21.9 Å². The van der Waals surface area contributed by atoms with Gasteiger partial charge in [0.2, 0.25) is 5.88 Å². The molecule has 0 bridgehead atoms. The molecule has 208 valence electrons. The van der Waals surface area contributed by atoms with Gasteiger partial charge in [-0.2, -0.15) is 0 Å². The van der Waals surface area contributed by atoms with E-state index in [0.717, 1.165) is 46.9 Å². The molecule has 10 heteroatoms. The molecule has 1 aromatic heterocycles. The molecule has 39 heavy (non-hydrogen) atoms. The Bertz CT molecular complexity index is 1250. The molecule has 10 nitrogen and oxygen atoms in total. The van der Waals surface area contributed by atoms with Gasteiger partial charge in [-0.1, -0.05) is 0 Å². The second kappa shape index (κ2) is 12.3. The van der Waals surface area contributed by atoms with Crippen molar-refractivity contribution in [3.8, 4) is 11.6 Å². The van der Waals surface area contributed by atoms with Gasteiger partial charge in [-0.25, -0.2) is 9.78 Å². The average Bonchev–Trinajstić information content (AvgIpc) is 2.91. The summed E-state index contributed by atoms with van der Waals surface area (Å²) < 4.78 is 22.0. The van der Waals surface area contributed by atoms with E-state index in [4.69, 9.17) is 18.9 Å². The van der Waals surface area contributed by atoms with E-state index in [1.807, 2.05) is 58.2 Å². The lowest BCUT2D eigenvalue weighted by Crippen LogP contribution is -2.42. The lowest BCUT2D eigenvalue weighted by molar-refractivity contribution is 0.0566. The van der Waals surface area contributed by atoms with E-state index in [2.05, 4.69) is 26.6 Å². The molecular weight excluding hydrogens is 498 g/mol. The Morgan fingerprint density at radius 3 is 2.67 bits per heavy atom. The molecule has 0 spiro atoms. The van der Waals surface area contributed by atoms with Crippen LogP contribution in [-0.2, 0) is 9.47 Å². The second-order valence-corrected chi connectivity index (χ2v) is 10.3. The number of hydrogen-bond donors (Lipinski definition) is 0. The predicted molar refractivity (Wildman–Crippen MR) is 153 cm³/mol. The minimum atomic E-state index is -0.603. The Morgan fingerprint density at radius 2 is 1.97 bits per heavy atom. The van der Waals surface area contributed by atoms with Gasteiger partial charge in [-0.15, -0.1) is 0 Å². The predicted octanol–water partition coefficient (Wildman–Crippen LogP) is 5.12. The Balaban J connectivity index is 1.51. The molecule has 0 saturated carbocycles. The summed E-state index contributed by atoms with van der Waals surface area (Å²) >= 11 is 0. The minimum absolute atomic E-state index is 0.362. The van der Waals surface area contributed by atoms with Crippen LogP contribution >= 0.6 is 0 Å². The molecule has 2 aliphatic rings. The van der Waals surface area contributed by atoms with E-state index in [0.29, 0.717) is 44.5 Å². The number of carbonyl (C=O) groups excluding carboxylic acids is 1. The molecule has 2 aromatic rings. The summed E-state index contributed by atoms with van der Waals surface area (Å²) in [5.74, 6) is 1.21. The molecule has 4 rings (SSSR count). The summed E-state index contributed by atoms with van der Waals surface area (Å²) in [6.07, 6.45) is 3.98. The van der Waals surface area contributed by atoms with Crippen molar-refractivity contribution < 1.29 is 23.7 Å². The summed E-state index contributed by atoms with van der Waals surface area (Å²) in [6, 6.07) is 7.61. The van der Waals surface area contributed by atoms with Crippen molar-refractivity contribution >= 4 is 36.1 Å². The molecule has 0 fully saturated rings. The van der Waals surface area contributed by atoms with Crippen LogP contribution in [0.2, 0.25) is 0 Å². The molecular formula is C29H37N5O5. The summed E-state index contributed by atoms with van der Waals surface area (Å²) in [6.45, 7) is 14.4. The molecule has 2 aliphatic heterocycles. The van der Waals surface area contributed by atoms with Crippen LogP contribution in [0.15, 0.2) is 51.7 Å². The number of pyridine rings is 1. The maximum absolute atomic E-state index is 13.0. The fraction of sp³-hybridized carbons (Fsp3) is 0.448. The number of hydrogen-bond acceptors (Lipinski definition) is 9. The van der Waals surface area contributed by atoms with Gasteiger partial charge in [0.05, 0.1) is 43.0 Å². The van der Waals surface area contributed by atoms with Crippen LogP contribution in [-0.4, -0.2) is 76.2 Å². The summed E-state index contributed by atoms with van der Waals surface area (Å²) in [5, 5.41) is 0. The first-order chi connectivity index (χ1) is 18.7. The second-order valence-electron chi connectivity index (χ2n) is 10.3. The number of benzene rings is 1. The van der Waals surface area contributed by atoms with Crippen LogP contribution in [0.3, 0.4) is 0 Å². The molecule has 1 amide bonds. The van der Waals surface area contributed by atoms with E-state index < -0.39 is 11.7 Å². The molecule has 0 radical (unpaired) electrons. The first kappa shape index (κ1) is 28.1. The van der Waals surface area contributed by atoms with Crippen molar-refractivity contribution in [2.45, 2.75) is 39.7 Å². The maximum atomic E-state index is 13.0. The van der Waals surface area contributed by atoms with Gasteiger partial charge in [0.25, 0.3) is 0 Å². The number of carbonyl (C=O) groups is 1. The summed E-state index contributed by atoms with van der Waals surface area (Å²) in [5.41, 5.74) is 4.56. The zero-order valence-corrected chi connectivity index (χ0v) is 23.4. The Labute approximate surface area is 230 Å². The first-order valence-corrected chi connectivity index (χ1v) is 13.0. The molecule has 0 unspecified atom stereocenters. The van der Waals surface area contributed by atoms with Crippen molar-refractivity contribution in [1.82, 2.24) is 4.98 Å². The highest BCUT2D eigenvalue weighted by atomic mass is 16.6. The highest BCUT2D eigenvalue weighted by molar-refractivity contribution is 5.92. The highest BCUT2D eigenvalue weighted by Gasteiger charge is 2.32. The van der Waals surface area contributed by atoms with Crippen LogP contribution < -0.4 is 19.3 Å². The molecule has 0 atom stereocenters. The summed E-state index contributed by atoms with van der Waals surface area (Å²) in [4.78, 5) is 30.3. The van der Waals surface area contributed by atoms with Gasteiger partial charge >= 0.3 is 6.09 Å². The van der Waals surface area contributed by atoms with Gasteiger partial charge < -0.3 is 23.8 Å². The molecule has 3 heterocycles. The molecule has 1 aromatic carbocycles. The number of fused-ring (bicyclic) bond motifs is 1. The zero-order valence-electron chi connectivity index (χ0n) is 23.4. The van der Waals surface area contributed by atoms with Gasteiger partial charge in [-0.3, -0.25) is 14.9 Å². The molecule has 0 N–H and O–H groups in total. The molecule has 0 saturated heterocycles. The SMILES string of the molecule is C=NC1=C(C=Nc2ccc(OCCOC)cc2)CCN(c2cnc3c(c2C)N(C(=O)OC(C)(C)C)CCO3)C1. The smallest absolute Gasteiger partial charge is 0.415 e. The third kappa shape index (κ3) is 6.94. The highest BCUT2D eigenvalue weighted by Crippen LogP contribution is 2.39. The van der Waals surface area contributed by atoms with Crippen LogP contribution in [0, 0.1) is 6.92 Å². The van der Waals surface area contributed by atoms with Crippen molar-refractivity contribution in [2.75, 3.05) is 56.4 Å². The lowest BCUT2D eigenvalue weighted by atomic mass is 10.0. The van der Waals surface area contributed by atoms with E-state index in [-0.39, 0.29) is 0 Å². The number of methoxy groups -OCH3 is 1. The van der Waals surface area contributed by atoms with Gasteiger partial charge in [-0.05, 0) is 70.7 Å². The minimum Gasteiger partial charge on any atom is -0.491 e. The molecule has 0 aliphatic carbocycles. The summed E-state index contributed by atoms with van der Waals surface area (Å²) in [7, 11) is 1.65. The Morgan fingerprint density at radius 1 is 1.21 bits per heavy atom. The number of rotatable bonds is 8. The van der Waals surface area contributed by atoms with E-state index in [1.54, 1.807) is 18.2 Å². The largest absolute Gasteiger partial charge is 0.491 e. The number of amides is 1. The number of ether oxygens (including phenoxy) is 4. The third-order valence-corrected chi connectivity index (χ3v) is 6.34. The quantitative estimate of drug-likeness (QED) is 0.342. The number of anilines is 2. The van der Waals surface area contributed by atoms with Crippen molar-refractivity contribution in [1.29, 1.82) is 0 Å². The zero-order chi connectivity index (χ0) is 28.0.